The highest BCUT2D eigenvalue weighted by Crippen LogP contribution is 2.31. The Morgan fingerprint density at radius 3 is 2.48 bits per heavy atom. The second-order valence-corrected chi connectivity index (χ2v) is 9.33. The summed E-state index contributed by atoms with van der Waals surface area (Å²) in [5.74, 6) is 0.388. The monoisotopic (exact) mass is 384 g/mol. The lowest BCUT2D eigenvalue weighted by Crippen LogP contribution is -2.35. The molecule has 0 aromatic heterocycles. The number of hydrogen-bond acceptors (Lipinski definition) is 3. The van der Waals surface area contributed by atoms with Gasteiger partial charge in [0.15, 0.2) is 0 Å². The maximum atomic E-state index is 12.9. The molecule has 5 nitrogen and oxygen atoms in total. The molecule has 1 aliphatic carbocycles. The molecule has 0 spiro atoms. The highest BCUT2D eigenvalue weighted by molar-refractivity contribution is 7.89. The summed E-state index contributed by atoms with van der Waals surface area (Å²) in [6, 6.07) is 4.69. The number of nitrogens with one attached hydrogen (secondary N) is 1. The molecule has 1 saturated carbocycles. The summed E-state index contributed by atoms with van der Waals surface area (Å²) in [5.41, 5.74) is 0.489. The second-order valence-electron chi connectivity index (χ2n) is 7.01. The van der Waals surface area contributed by atoms with Crippen LogP contribution in [-0.2, 0) is 14.8 Å². The van der Waals surface area contributed by atoms with Gasteiger partial charge in [-0.25, -0.2) is 8.42 Å². The quantitative estimate of drug-likeness (QED) is 0.833. The average molecular weight is 385 g/mol. The lowest BCUT2D eigenvalue weighted by molar-refractivity contribution is -0.117. The molecular formula is C18H25ClN2O3S. The zero-order chi connectivity index (χ0) is 17.9. The fourth-order valence-electron chi connectivity index (χ4n) is 3.71. The Hall–Kier alpha value is -1.11. The lowest BCUT2D eigenvalue weighted by atomic mass is 10.0. The fraction of sp³-hybridized carbons (Fsp3) is 0.611. The number of amides is 1. The molecule has 0 bridgehead atoms. The van der Waals surface area contributed by atoms with E-state index in [1.54, 1.807) is 12.1 Å². The van der Waals surface area contributed by atoms with Crippen LogP contribution in [0.2, 0.25) is 5.02 Å². The average Bonchev–Trinajstić information content (AvgIpc) is 3.10. The summed E-state index contributed by atoms with van der Waals surface area (Å²) in [7, 11) is -3.62. The maximum Gasteiger partial charge on any atom is 0.244 e. The molecule has 2 fully saturated rings. The number of piperidine rings is 1. The summed E-state index contributed by atoms with van der Waals surface area (Å²) < 4.78 is 27.2. The van der Waals surface area contributed by atoms with E-state index in [1.807, 2.05) is 0 Å². The smallest absolute Gasteiger partial charge is 0.244 e. The van der Waals surface area contributed by atoms with E-state index >= 15 is 0 Å². The van der Waals surface area contributed by atoms with Gasteiger partial charge in [-0.1, -0.05) is 30.9 Å². The number of benzene rings is 1. The van der Waals surface area contributed by atoms with Gasteiger partial charge in [0.1, 0.15) is 4.90 Å². The number of halogens is 1. The first-order valence-electron chi connectivity index (χ1n) is 9.06. The van der Waals surface area contributed by atoms with Crippen molar-refractivity contribution in [3.8, 4) is 0 Å². The van der Waals surface area contributed by atoms with E-state index in [2.05, 4.69) is 5.32 Å². The van der Waals surface area contributed by atoms with Gasteiger partial charge in [-0.3, -0.25) is 4.79 Å². The predicted molar refractivity (Wildman–Crippen MR) is 99.3 cm³/mol. The third-order valence-electron chi connectivity index (χ3n) is 5.10. The van der Waals surface area contributed by atoms with E-state index in [0.29, 0.717) is 31.1 Å². The first-order chi connectivity index (χ1) is 12.0. The Bertz CT molecular complexity index is 724. The van der Waals surface area contributed by atoms with Crippen molar-refractivity contribution < 1.29 is 13.2 Å². The Labute approximate surface area is 154 Å². The second kappa shape index (κ2) is 8.06. The topological polar surface area (TPSA) is 66.5 Å². The lowest BCUT2D eigenvalue weighted by Gasteiger charge is -2.26. The van der Waals surface area contributed by atoms with E-state index in [9.17, 15) is 13.2 Å². The molecule has 1 N–H and O–H groups in total. The molecule has 1 aromatic carbocycles. The van der Waals surface area contributed by atoms with Crippen LogP contribution in [0.5, 0.6) is 0 Å². The Morgan fingerprint density at radius 2 is 1.80 bits per heavy atom. The number of rotatable bonds is 5. The van der Waals surface area contributed by atoms with Crippen LogP contribution in [0.4, 0.5) is 5.69 Å². The van der Waals surface area contributed by atoms with Crippen LogP contribution in [0, 0.1) is 5.92 Å². The molecule has 1 aliphatic heterocycles. The number of anilines is 1. The van der Waals surface area contributed by atoms with E-state index in [0.717, 1.165) is 32.1 Å². The Balaban J connectivity index is 1.74. The molecular weight excluding hydrogens is 360 g/mol. The Morgan fingerprint density at radius 1 is 1.12 bits per heavy atom. The van der Waals surface area contributed by atoms with Gasteiger partial charge in [0.25, 0.3) is 0 Å². The molecule has 3 rings (SSSR count). The highest BCUT2D eigenvalue weighted by Gasteiger charge is 2.28. The third kappa shape index (κ3) is 4.54. The first kappa shape index (κ1) is 18.7. The van der Waals surface area contributed by atoms with Crippen molar-refractivity contribution in [3.05, 3.63) is 23.2 Å². The number of hydrogen-bond donors (Lipinski definition) is 1. The van der Waals surface area contributed by atoms with Gasteiger partial charge in [-0.2, -0.15) is 4.31 Å². The molecule has 25 heavy (non-hydrogen) atoms. The van der Waals surface area contributed by atoms with E-state index < -0.39 is 10.0 Å². The minimum Gasteiger partial charge on any atom is -0.326 e. The molecule has 2 aliphatic rings. The molecule has 138 valence electrons. The fourth-order valence-corrected chi connectivity index (χ4v) is 5.73. The van der Waals surface area contributed by atoms with Crippen molar-refractivity contribution in [3.63, 3.8) is 0 Å². The van der Waals surface area contributed by atoms with Crippen molar-refractivity contribution in [2.24, 2.45) is 5.92 Å². The number of nitrogens with zero attached hydrogens (tertiary/aromatic N) is 1. The molecule has 1 amide bonds. The zero-order valence-electron chi connectivity index (χ0n) is 14.3. The number of carbonyl (C=O) groups excluding carboxylic acids is 1. The predicted octanol–water partition coefficient (Wildman–Crippen LogP) is 4.03. The van der Waals surface area contributed by atoms with E-state index in [4.69, 9.17) is 11.6 Å². The highest BCUT2D eigenvalue weighted by atomic mass is 35.5. The van der Waals surface area contributed by atoms with Crippen LogP contribution in [0.25, 0.3) is 0 Å². The summed E-state index contributed by atoms with van der Waals surface area (Å²) in [6.45, 7) is 1.05. The molecule has 1 aromatic rings. The van der Waals surface area contributed by atoms with Crippen LogP contribution < -0.4 is 5.32 Å². The minimum atomic E-state index is -3.62. The summed E-state index contributed by atoms with van der Waals surface area (Å²) in [6.07, 6.45) is 7.87. The first-order valence-corrected chi connectivity index (χ1v) is 10.9. The van der Waals surface area contributed by atoms with Gasteiger partial charge >= 0.3 is 0 Å². The molecule has 1 heterocycles. The van der Waals surface area contributed by atoms with Gasteiger partial charge < -0.3 is 5.32 Å². The molecule has 0 atom stereocenters. The van der Waals surface area contributed by atoms with Crippen LogP contribution in [0.15, 0.2) is 23.1 Å². The van der Waals surface area contributed by atoms with Crippen molar-refractivity contribution in [1.82, 2.24) is 4.31 Å². The molecule has 1 saturated heterocycles. The molecule has 7 heteroatoms. The van der Waals surface area contributed by atoms with E-state index in [-0.39, 0.29) is 15.8 Å². The van der Waals surface area contributed by atoms with Crippen molar-refractivity contribution in [2.75, 3.05) is 18.4 Å². The zero-order valence-corrected chi connectivity index (χ0v) is 15.9. The Kier molecular flexibility index (Phi) is 6.02. The molecule has 0 radical (unpaired) electrons. The summed E-state index contributed by atoms with van der Waals surface area (Å²) in [4.78, 5) is 12.3. The minimum absolute atomic E-state index is 0.0597. The van der Waals surface area contributed by atoms with Crippen molar-refractivity contribution in [1.29, 1.82) is 0 Å². The van der Waals surface area contributed by atoms with Crippen LogP contribution in [-0.4, -0.2) is 31.7 Å². The number of sulfonamides is 1. The van der Waals surface area contributed by atoms with Crippen LogP contribution >= 0.6 is 11.6 Å². The van der Waals surface area contributed by atoms with Crippen molar-refractivity contribution in [2.45, 2.75) is 56.3 Å². The van der Waals surface area contributed by atoms with Gasteiger partial charge in [-0.05, 0) is 49.8 Å². The van der Waals surface area contributed by atoms with E-state index in [1.165, 1.54) is 23.2 Å². The van der Waals surface area contributed by atoms with Gasteiger partial charge in [0, 0.05) is 25.2 Å². The van der Waals surface area contributed by atoms with Gasteiger partial charge in [0.2, 0.25) is 15.9 Å². The van der Waals surface area contributed by atoms with Gasteiger partial charge in [-0.15, -0.1) is 0 Å². The van der Waals surface area contributed by atoms with Gasteiger partial charge in [0.05, 0.1) is 5.02 Å². The van der Waals surface area contributed by atoms with Crippen LogP contribution in [0.3, 0.4) is 0 Å². The summed E-state index contributed by atoms with van der Waals surface area (Å²) in [5, 5.41) is 3.02. The van der Waals surface area contributed by atoms with Crippen LogP contribution in [0.1, 0.15) is 51.4 Å². The third-order valence-corrected chi connectivity index (χ3v) is 7.48. The molecule has 0 unspecified atom stereocenters. The van der Waals surface area contributed by atoms with Crippen molar-refractivity contribution >= 4 is 33.2 Å². The largest absolute Gasteiger partial charge is 0.326 e. The normalized spacial score (nSPS) is 19.9. The standard InChI is InChI=1S/C18H25ClN2O3S/c19-16-9-8-15(20-18(22)12-14-6-2-3-7-14)13-17(16)25(23,24)21-10-4-1-5-11-21/h8-9,13-14H,1-7,10-12H2,(H,20,22). The number of carbonyl (C=O) groups is 1. The summed E-state index contributed by atoms with van der Waals surface area (Å²) >= 11 is 6.16. The SMILES string of the molecule is O=C(CC1CCCC1)Nc1ccc(Cl)c(S(=O)(=O)N2CCCCC2)c1. The maximum absolute atomic E-state index is 12.9.